The van der Waals surface area contributed by atoms with Gasteiger partial charge in [-0.15, -0.1) is 6.58 Å². The molecule has 3 rings (SSSR count). The van der Waals surface area contributed by atoms with Gasteiger partial charge in [0.1, 0.15) is 12.6 Å². The molecule has 27 heavy (non-hydrogen) atoms. The van der Waals surface area contributed by atoms with Crippen molar-refractivity contribution in [1.29, 1.82) is 0 Å². The third kappa shape index (κ3) is 4.16. The van der Waals surface area contributed by atoms with E-state index in [1.165, 1.54) is 4.90 Å². The highest BCUT2D eigenvalue weighted by Crippen LogP contribution is 2.28. The van der Waals surface area contributed by atoms with Crippen molar-refractivity contribution in [3.63, 3.8) is 0 Å². The summed E-state index contributed by atoms with van der Waals surface area (Å²) in [6, 6.07) is 4.63. The number of fused-ring (bicyclic) bond motifs is 1. The third-order valence-corrected chi connectivity index (χ3v) is 4.58. The van der Waals surface area contributed by atoms with Gasteiger partial charge < -0.3 is 15.0 Å². The van der Waals surface area contributed by atoms with Crippen molar-refractivity contribution in [1.82, 2.24) is 15.5 Å². The maximum atomic E-state index is 12.7. The lowest BCUT2D eigenvalue weighted by Crippen LogP contribution is -2.52. The summed E-state index contributed by atoms with van der Waals surface area (Å²) in [5, 5.41) is 4.87. The van der Waals surface area contributed by atoms with Crippen LogP contribution in [-0.2, 0) is 27.5 Å². The van der Waals surface area contributed by atoms with Gasteiger partial charge in [-0.2, -0.15) is 0 Å². The lowest BCUT2D eigenvalue weighted by Gasteiger charge is -2.29. The van der Waals surface area contributed by atoms with Crippen molar-refractivity contribution in [3.8, 4) is 0 Å². The topological polar surface area (TPSA) is 105 Å². The van der Waals surface area contributed by atoms with Crippen LogP contribution in [0.25, 0.3) is 0 Å². The first-order valence-corrected chi connectivity index (χ1v) is 8.77. The van der Waals surface area contributed by atoms with Crippen molar-refractivity contribution in [2.24, 2.45) is 0 Å². The Kier molecular flexibility index (Phi) is 5.54. The molecule has 1 aromatic carbocycles. The van der Waals surface area contributed by atoms with Crippen LogP contribution in [0.3, 0.4) is 0 Å². The van der Waals surface area contributed by atoms with Crippen molar-refractivity contribution >= 4 is 23.8 Å². The van der Waals surface area contributed by atoms with Crippen molar-refractivity contribution in [3.05, 3.63) is 47.5 Å². The van der Waals surface area contributed by atoms with Crippen LogP contribution in [0.5, 0.6) is 0 Å². The molecule has 2 aliphatic heterocycles. The number of hydrogen-bond acceptors (Lipinski definition) is 5. The molecule has 0 spiro atoms. The van der Waals surface area contributed by atoms with E-state index in [0.717, 1.165) is 5.56 Å². The van der Waals surface area contributed by atoms with E-state index in [2.05, 4.69) is 17.2 Å². The highest BCUT2D eigenvalue weighted by molar-refractivity contribution is 6.05. The van der Waals surface area contributed by atoms with Gasteiger partial charge in [0.2, 0.25) is 11.8 Å². The van der Waals surface area contributed by atoms with E-state index in [-0.39, 0.29) is 24.8 Å². The molecule has 0 radical (unpaired) electrons. The highest BCUT2D eigenvalue weighted by atomic mass is 16.5. The number of hydrogen-bond donors (Lipinski definition) is 2. The average Bonchev–Trinajstić information content (AvgIpc) is 2.96. The van der Waals surface area contributed by atoms with Crippen LogP contribution in [-0.4, -0.2) is 41.3 Å². The average molecular weight is 371 g/mol. The van der Waals surface area contributed by atoms with Crippen molar-refractivity contribution in [2.45, 2.75) is 38.5 Å². The number of nitrogens with one attached hydrogen (secondary N) is 2. The summed E-state index contributed by atoms with van der Waals surface area (Å²) in [5.74, 6) is -1.00. The zero-order valence-corrected chi connectivity index (χ0v) is 14.8. The molecule has 1 unspecified atom stereocenters. The normalized spacial score (nSPS) is 18.7. The van der Waals surface area contributed by atoms with Crippen molar-refractivity contribution < 1.29 is 23.9 Å². The second-order valence-corrected chi connectivity index (χ2v) is 6.47. The molecule has 4 amide bonds. The van der Waals surface area contributed by atoms with Crippen LogP contribution in [0, 0.1) is 0 Å². The van der Waals surface area contributed by atoms with Crippen LogP contribution in [0.15, 0.2) is 30.9 Å². The van der Waals surface area contributed by atoms with Gasteiger partial charge in [-0.1, -0.05) is 18.2 Å². The minimum absolute atomic E-state index is 0.0406. The predicted octanol–water partition coefficient (Wildman–Crippen LogP) is 1.25. The number of carbonyl (C=O) groups excluding carboxylic acids is 4. The fraction of sp³-hybridized carbons (Fsp3) is 0.368. The van der Waals surface area contributed by atoms with Gasteiger partial charge in [-0.05, 0) is 30.0 Å². The number of amides is 4. The van der Waals surface area contributed by atoms with Gasteiger partial charge in [-0.3, -0.25) is 19.7 Å². The van der Waals surface area contributed by atoms with Crippen LogP contribution >= 0.6 is 0 Å². The van der Waals surface area contributed by atoms with E-state index < -0.39 is 18.0 Å². The number of benzene rings is 1. The Bertz CT molecular complexity index is 805. The van der Waals surface area contributed by atoms with E-state index in [1.807, 2.05) is 0 Å². The fourth-order valence-corrected chi connectivity index (χ4v) is 3.17. The molecule has 2 N–H and O–H groups in total. The summed E-state index contributed by atoms with van der Waals surface area (Å²) in [4.78, 5) is 49.1. The number of alkyl carbamates (subject to hydrolysis) is 1. The van der Waals surface area contributed by atoms with Gasteiger partial charge in [0, 0.05) is 25.1 Å². The first-order chi connectivity index (χ1) is 13.0. The molecule has 8 heteroatoms. The largest absolute Gasteiger partial charge is 0.445 e. The molecule has 8 nitrogen and oxygen atoms in total. The van der Waals surface area contributed by atoms with E-state index >= 15 is 0 Å². The number of carbonyl (C=O) groups is 4. The zero-order valence-electron chi connectivity index (χ0n) is 14.8. The maximum Gasteiger partial charge on any atom is 0.407 e. The lowest BCUT2D eigenvalue weighted by atomic mass is 10.0. The third-order valence-electron chi connectivity index (χ3n) is 4.58. The summed E-state index contributed by atoms with van der Waals surface area (Å²) >= 11 is 0. The molecule has 2 heterocycles. The fourth-order valence-electron chi connectivity index (χ4n) is 3.17. The molecular weight excluding hydrogens is 350 g/mol. The molecule has 1 fully saturated rings. The van der Waals surface area contributed by atoms with E-state index in [4.69, 9.17) is 4.74 Å². The van der Waals surface area contributed by atoms with Crippen LogP contribution < -0.4 is 10.6 Å². The first-order valence-electron chi connectivity index (χ1n) is 8.77. The van der Waals surface area contributed by atoms with Gasteiger partial charge in [0.05, 0.1) is 0 Å². The van der Waals surface area contributed by atoms with Gasteiger partial charge in [0.25, 0.3) is 5.91 Å². The molecular formula is C19H21N3O5. The van der Waals surface area contributed by atoms with Crippen molar-refractivity contribution in [2.75, 3.05) is 6.54 Å². The number of piperidine rings is 1. The Morgan fingerprint density at radius 1 is 1.37 bits per heavy atom. The molecule has 0 saturated carbocycles. The molecule has 1 aromatic rings. The van der Waals surface area contributed by atoms with E-state index in [0.29, 0.717) is 37.1 Å². The van der Waals surface area contributed by atoms with E-state index in [9.17, 15) is 19.2 Å². The predicted molar refractivity (Wildman–Crippen MR) is 95.5 cm³/mol. The Morgan fingerprint density at radius 2 is 2.19 bits per heavy atom. The molecule has 142 valence electrons. The number of imide groups is 1. The van der Waals surface area contributed by atoms with Gasteiger partial charge >= 0.3 is 6.09 Å². The number of ether oxygens (including phenoxy) is 1. The zero-order chi connectivity index (χ0) is 19.4. The Hall–Kier alpha value is -3.16. The Labute approximate surface area is 156 Å². The first kappa shape index (κ1) is 18.6. The highest BCUT2D eigenvalue weighted by Gasteiger charge is 2.39. The molecule has 2 aliphatic rings. The molecule has 0 bridgehead atoms. The summed E-state index contributed by atoms with van der Waals surface area (Å²) < 4.78 is 5.13. The number of rotatable bonds is 6. The Balaban J connectivity index is 1.62. The summed E-state index contributed by atoms with van der Waals surface area (Å²) in [5.41, 5.74) is 1.99. The van der Waals surface area contributed by atoms with Gasteiger partial charge in [0.15, 0.2) is 0 Å². The van der Waals surface area contributed by atoms with Gasteiger partial charge in [-0.25, -0.2) is 4.79 Å². The second-order valence-electron chi connectivity index (χ2n) is 6.47. The number of nitrogens with zero attached hydrogens (tertiary/aromatic N) is 1. The maximum absolute atomic E-state index is 12.7. The molecule has 1 saturated heterocycles. The van der Waals surface area contributed by atoms with Crippen LogP contribution in [0.4, 0.5) is 4.79 Å². The second kappa shape index (κ2) is 8.03. The standard InChI is InChI=1S/C19H21N3O5/c1-2-3-8-20-19(26)27-11-12-4-5-13-10-22(18(25)14(13)9-12)15-6-7-16(23)21-17(15)24/h2,4-5,9,15H,1,3,6-8,10-11H2,(H,20,26)(H,21,23,24). The monoisotopic (exact) mass is 371 g/mol. The summed E-state index contributed by atoms with van der Waals surface area (Å²) in [7, 11) is 0. The summed E-state index contributed by atoms with van der Waals surface area (Å²) in [6.45, 7) is 4.38. The van der Waals surface area contributed by atoms with Crippen LogP contribution in [0.2, 0.25) is 0 Å². The lowest BCUT2D eigenvalue weighted by molar-refractivity contribution is -0.136. The minimum atomic E-state index is -0.641. The summed E-state index contributed by atoms with van der Waals surface area (Å²) in [6.07, 6.45) is 2.36. The molecule has 0 aromatic heterocycles. The van der Waals surface area contributed by atoms with Crippen LogP contribution in [0.1, 0.15) is 40.7 Å². The molecule has 1 atom stereocenters. The smallest absolute Gasteiger partial charge is 0.407 e. The Morgan fingerprint density at radius 3 is 2.93 bits per heavy atom. The SMILES string of the molecule is C=CCCNC(=O)OCc1ccc2c(c1)C(=O)N(C1CCC(=O)NC1=O)C2. The van der Waals surface area contributed by atoms with E-state index in [1.54, 1.807) is 24.3 Å². The quantitative estimate of drug-likeness (QED) is 0.445. The minimum Gasteiger partial charge on any atom is -0.445 e. The molecule has 0 aliphatic carbocycles.